The Labute approximate surface area is 122 Å². The van der Waals surface area contributed by atoms with Crippen molar-refractivity contribution in [3.8, 4) is 0 Å². The average Bonchev–Trinajstić information content (AvgIpc) is 2.37. The van der Waals surface area contributed by atoms with Crippen molar-refractivity contribution >= 4 is 34.8 Å². The summed E-state index contributed by atoms with van der Waals surface area (Å²) < 4.78 is 0. The van der Waals surface area contributed by atoms with Gasteiger partial charge in [0.05, 0.1) is 21.8 Å². The number of halogens is 2. The molecule has 1 heterocycles. The number of rotatable bonds is 1. The third-order valence-electron chi connectivity index (χ3n) is 3.53. The number of amides is 1. The van der Waals surface area contributed by atoms with E-state index in [-0.39, 0.29) is 27.6 Å². The lowest BCUT2D eigenvalue weighted by Gasteiger charge is -2.34. The van der Waals surface area contributed by atoms with Gasteiger partial charge in [0.1, 0.15) is 0 Å². The van der Waals surface area contributed by atoms with Crippen LogP contribution in [0.15, 0.2) is 12.1 Å². The molecule has 0 radical (unpaired) electrons. The number of hydrogen-bond donors (Lipinski definition) is 2. The van der Waals surface area contributed by atoms with Gasteiger partial charge in [-0.15, -0.1) is 0 Å². The van der Waals surface area contributed by atoms with E-state index in [9.17, 15) is 9.90 Å². The van der Waals surface area contributed by atoms with E-state index < -0.39 is 6.10 Å². The number of carbonyl (C=O) groups is 1. The molecule has 2 unspecified atom stereocenters. The van der Waals surface area contributed by atoms with Gasteiger partial charge in [-0.05, 0) is 24.5 Å². The topological polar surface area (TPSA) is 66.6 Å². The molecule has 0 bridgehead atoms. The summed E-state index contributed by atoms with van der Waals surface area (Å²) in [5.41, 5.74) is 6.31. The fourth-order valence-corrected chi connectivity index (χ4v) is 2.61. The van der Waals surface area contributed by atoms with Crippen molar-refractivity contribution in [2.24, 2.45) is 5.92 Å². The number of nitrogens with zero attached hydrogens (tertiary/aromatic N) is 1. The first-order valence-electron chi connectivity index (χ1n) is 6.12. The minimum atomic E-state index is -0.488. The van der Waals surface area contributed by atoms with Crippen molar-refractivity contribution in [3.05, 3.63) is 27.7 Å². The highest BCUT2D eigenvalue weighted by Crippen LogP contribution is 2.30. The van der Waals surface area contributed by atoms with Crippen LogP contribution < -0.4 is 5.73 Å². The largest absolute Gasteiger partial charge is 0.396 e. The molecule has 104 valence electrons. The Hall–Kier alpha value is -0.970. The van der Waals surface area contributed by atoms with Crippen molar-refractivity contribution in [1.29, 1.82) is 0 Å². The summed E-state index contributed by atoms with van der Waals surface area (Å²) in [6, 6.07) is 3.02. The number of benzene rings is 1. The summed E-state index contributed by atoms with van der Waals surface area (Å²) in [6.07, 6.45) is 0.293. The Morgan fingerprint density at radius 3 is 2.53 bits per heavy atom. The van der Waals surface area contributed by atoms with Crippen molar-refractivity contribution in [2.45, 2.75) is 19.4 Å². The van der Waals surface area contributed by atoms with Crippen LogP contribution in [0.2, 0.25) is 10.0 Å². The normalized spacial score (nSPS) is 23.5. The van der Waals surface area contributed by atoms with Crippen LogP contribution in [0.5, 0.6) is 0 Å². The Bertz CT molecular complexity index is 484. The molecule has 0 spiro atoms. The summed E-state index contributed by atoms with van der Waals surface area (Å²) >= 11 is 11.8. The van der Waals surface area contributed by atoms with Crippen LogP contribution in [-0.4, -0.2) is 35.1 Å². The first-order chi connectivity index (χ1) is 8.90. The molecule has 0 saturated carbocycles. The molecule has 2 rings (SSSR count). The van der Waals surface area contributed by atoms with Gasteiger partial charge in [-0.2, -0.15) is 0 Å². The van der Waals surface area contributed by atoms with E-state index in [4.69, 9.17) is 28.9 Å². The summed E-state index contributed by atoms with van der Waals surface area (Å²) in [5, 5.41) is 10.4. The zero-order chi connectivity index (χ0) is 14.2. The van der Waals surface area contributed by atoms with Gasteiger partial charge in [0.15, 0.2) is 0 Å². The predicted molar refractivity (Wildman–Crippen MR) is 76.6 cm³/mol. The number of aliphatic hydroxyl groups is 1. The van der Waals surface area contributed by atoms with Gasteiger partial charge >= 0.3 is 0 Å². The number of anilines is 1. The number of β-amino-alcohol motifs (C(OH)–C–C–N with tert-alkyl or cyclic N) is 1. The van der Waals surface area contributed by atoms with E-state index in [1.54, 1.807) is 4.90 Å². The fraction of sp³-hybridized carbons (Fsp3) is 0.462. The standard InChI is InChI=1S/C13H16Cl2N2O2/c1-7-2-3-17(6-11(7)18)13(19)8-4-9(14)12(16)10(15)5-8/h4-5,7,11,18H,2-3,6,16H2,1H3. The summed E-state index contributed by atoms with van der Waals surface area (Å²) in [5.74, 6) is 0.0254. The lowest BCUT2D eigenvalue weighted by Crippen LogP contribution is -2.45. The molecule has 0 aromatic heterocycles. The molecule has 1 aliphatic heterocycles. The summed E-state index contributed by atoms with van der Waals surface area (Å²) in [6.45, 7) is 2.93. The molecule has 6 heteroatoms. The van der Waals surface area contributed by atoms with E-state index in [2.05, 4.69) is 0 Å². The van der Waals surface area contributed by atoms with Crippen molar-refractivity contribution in [2.75, 3.05) is 18.8 Å². The van der Waals surface area contributed by atoms with Gasteiger partial charge in [-0.3, -0.25) is 4.79 Å². The molecule has 2 atom stereocenters. The molecule has 1 saturated heterocycles. The Balaban J connectivity index is 2.20. The maximum absolute atomic E-state index is 12.3. The van der Waals surface area contributed by atoms with Gasteiger partial charge in [-0.25, -0.2) is 0 Å². The third-order valence-corrected chi connectivity index (χ3v) is 4.16. The van der Waals surface area contributed by atoms with Crippen molar-refractivity contribution < 1.29 is 9.90 Å². The fourth-order valence-electron chi connectivity index (χ4n) is 2.12. The Morgan fingerprint density at radius 2 is 2.00 bits per heavy atom. The number of hydrogen-bond acceptors (Lipinski definition) is 3. The molecule has 1 fully saturated rings. The van der Waals surface area contributed by atoms with E-state index in [1.807, 2.05) is 6.92 Å². The van der Waals surface area contributed by atoms with E-state index in [0.717, 1.165) is 6.42 Å². The van der Waals surface area contributed by atoms with E-state index >= 15 is 0 Å². The zero-order valence-electron chi connectivity index (χ0n) is 10.6. The third kappa shape index (κ3) is 2.96. The molecule has 1 amide bonds. The van der Waals surface area contributed by atoms with Crippen molar-refractivity contribution in [1.82, 2.24) is 4.90 Å². The quantitative estimate of drug-likeness (QED) is 0.783. The molecular weight excluding hydrogens is 287 g/mol. The first-order valence-corrected chi connectivity index (χ1v) is 6.87. The molecule has 3 N–H and O–H groups in total. The number of likely N-dealkylation sites (tertiary alicyclic amines) is 1. The summed E-state index contributed by atoms with van der Waals surface area (Å²) in [4.78, 5) is 13.9. The average molecular weight is 303 g/mol. The molecule has 19 heavy (non-hydrogen) atoms. The molecule has 1 aromatic rings. The van der Waals surface area contributed by atoms with Crippen LogP contribution >= 0.6 is 23.2 Å². The van der Waals surface area contributed by atoms with Gasteiger partial charge in [0, 0.05) is 18.7 Å². The number of nitrogens with two attached hydrogens (primary N) is 1. The molecule has 4 nitrogen and oxygen atoms in total. The number of nitrogen functional groups attached to an aromatic ring is 1. The first kappa shape index (κ1) is 14.4. The molecule has 1 aromatic carbocycles. The minimum Gasteiger partial charge on any atom is -0.396 e. The van der Waals surface area contributed by atoms with Crippen LogP contribution in [-0.2, 0) is 0 Å². The van der Waals surface area contributed by atoms with Crippen LogP contribution in [0.1, 0.15) is 23.7 Å². The van der Waals surface area contributed by atoms with E-state index in [0.29, 0.717) is 18.7 Å². The smallest absolute Gasteiger partial charge is 0.254 e. The molecule has 1 aliphatic rings. The lowest BCUT2D eigenvalue weighted by atomic mass is 9.95. The highest BCUT2D eigenvalue weighted by Gasteiger charge is 2.28. The number of carbonyl (C=O) groups excluding carboxylic acids is 1. The van der Waals surface area contributed by atoms with Gasteiger partial charge in [-0.1, -0.05) is 30.1 Å². The molecule has 0 aliphatic carbocycles. The predicted octanol–water partition coefficient (Wildman–Crippen LogP) is 2.42. The second kappa shape index (κ2) is 5.57. The zero-order valence-corrected chi connectivity index (χ0v) is 12.1. The van der Waals surface area contributed by atoms with Crippen LogP contribution in [0.4, 0.5) is 5.69 Å². The van der Waals surface area contributed by atoms with Crippen LogP contribution in [0.25, 0.3) is 0 Å². The molecular formula is C13H16Cl2N2O2. The monoisotopic (exact) mass is 302 g/mol. The highest BCUT2D eigenvalue weighted by atomic mass is 35.5. The van der Waals surface area contributed by atoms with Gasteiger partial charge in [0.2, 0.25) is 0 Å². The number of piperidine rings is 1. The maximum atomic E-state index is 12.3. The number of aliphatic hydroxyl groups excluding tert-OH is 1. The van der Waals surface area contributed by atoms with E-state index in [1.165, 1.54) is 12.1 Å². The minimum absolute atomic E-state index is 0.185. The Kier molecular flexibility index (Phi) is 4.23. The maximum Gasteiger partial charge on any atom is 0.254 e. The summed E-state index contributed by atoms with van der Waals surface area (Å²) in [7, 11) is 0. The van der Waals surface area contributed by atoms with Gasteiger partial charge < -0.3 is 15.7 Å². The Morgan fingerprint density at radius 1 is 1.42 bits per heavy atom. The van der Waals surface area contributed by atoms with Crippen LogP contribution in [0.3, 0.4) is 0 Å². The van der Waals surface area contributed by atoms with Crippen molar-refractivity contribution in [3.63, 3.8) is 0 Å². The second-order valence-electron chi connectivity index (χ2n) is 4.94. The SMILES string of the molecule is CC1CCN(C(=O)c2cc(Cl)c(N)c(Cl)c2)CC1O. The second-order valence-corrected chi connectivity index (χ2v) is 5.75. The lowest BCUT2D eigenvalue weighted by molar-refractivity contribution is 0.0248. The van der Waals surface area contributed by atoms with Gasteiger partial charge in [0.25, 0.3) is 5.91 Å². The highest BCUT2D eigenvalue weighted by molar-refractivity contribution is 6.39. The van der Waals surface area contributed by atoms with Crippen LogP contribution in [0, 0.1) is 5.92 Å².